The van der Waals surface area contributed by atoms with Gasteiger partial charge in [0.15, 0.2) is 0 Å². The fourth-order valence-corrected chi connectivity index (χ4v) is 2.16. The first-order valence-electron chi connectivity index (χ1n) is 5.23. The third-order valence-electron chi connectivity index (χ3n) is 1.90. The SMILES string of the molecule is CSCCNC(=O)c1csc(C#CCCO)c1. The van der Waals surface area contributed by atoms with Gasteiger partial charge in [-0.2, -0.15) is 11.8 Å². The molecule has 0 saturated heterocycles. The van der Waals surface area contributed by atoms with E-state index in [1.807, 2.05) is 6.26 Å². The number of carbonyl (C=O) groups excluding carboxylic acids is 1. The summed E-state index contributed by atoms with van der Waals surface area (Å²) in [5.74, 6) is 6.61. The van der Waals surface area contributed by atoms with Gasteiger partial charge in [-0.1, -0.05) is 11.8 Å². The fraction of sp³-hybridized carbons (Fsp3) is 0.417. The van der Waals surface area contributed by atoms with Crippen molar-refractivity contribution in [3.8, 4) is 11.8 Å². The number of aliphatic hydroxyl groups is 1. The highest BCUT2D eigenvalue weighted by Crippen LogP contribution is 2.13. The highest BCUT2D eigenvalue weighted by molar-refractivity contribution is 7.98. The van der Waals surface area contributed by atoms with Crippen LogP contribution in [0.5, 0.6) is 0 Å². The quantitative estimate of drug-likeness (QED) is 0.630. The summed E-state index contributed by atoms with van der Waals surface area (Å²) in [5.41, 5.74) is 0.657. The molecule has 5 heteroatoms. The molecule has 0 aliphatic carbocycles. The van der Waals surface area contributed by atoms with E-state index in [0.717, 1.165) is 10.6 Å². The molecule has 1 rings (SSSR count). The molecule has 0 bridgehead atoms. The number of hydrogen-bond acceptors (Lipinski definition) is 4. The number of carbonyl (C=O) groups is 1. The smallest absolute Gasteiger partial charge is 0.252 e. The second-order valence-electron chi connectivity index (χ2n) is 3.22. The number of nitrogens with one attached hydrogen (secondary N) is 1. The summed E-state index contributed by atoms with van der Waals surface area (Å²) < 4.78 is 0. The Balaban J connectivity index is 2.50. The van der Waals surface area contributed by atoms with Gasteiger partial charge >= 0.3 is 0 Å². The van der Waals surface area contributed by atoms with Gasteiger partial charge in [0.25, 0.3) is 5.91 Å². The highest BCUT2D eigenvalue weighted by Gasteiger charge is 2.06. The Morgan fingerprint density at radius 3 is 3.18 bits per heavy atom. The van der Waals surface area contributed by atoms with Gasteiger partial charge in [-0.15, -0.1) is 11.3 Å². The maximum atomic E-state index is 11.7. The molecule has 1 aromatic rings. The first-order valence-corrected chi connectivity index (χ1v) is 7.50. The van der Waals surface area contributed by atoms with E-state index in [1.165, 1.54) is 11.3 Å². The van der Waals surface area contributed by atoms with E-state index < -0.39 is 0 Å². The van der Waals surface area contributed by atoms with Gasteiger partial charge in [0, 0.05) is 24.1 Å². The Hall–Kier alpha value is -0.960. The van der Waals surface area contributed by atoms with E-state index in [2.05, 4.69) is 17.2 Å². The van der Waals surface area contributed by atoms with Crippen LogP contribution in [0.15, 0.2) is 11.4 Å². The van der Waals surface area contributed by atoms with Crippen molar-refractivity contribution in [1.82, 2.24) is 5.32 Å². The third kappa shape index (κ3) is 5.26. The van der Waals surface area contributed by atoms with E-state index in [1.54, 1.807) is 23.2 Å². The molecule has 0 unspecified atom stereocenters. The van der Waals surface area contributed by atoms with Crippen LogP contribution in [0.1, 0.15) is 21.7 Å². The van der Waals surface area contributed by atoms with Gasteiger partial charge < -0.3 is 10.4 Å². The summed E-state index contributed by atoms with van der Waals surface area (Å²) in [6.07, 6.45) is 2.47. The van der Waals surface area contributed by atoms with Crippen molar-refractivity contribution < 1.29 is 9.90 Å². The molecule has 0 aromatic carbocycles. The van der Waals surface area contributed by atoms with Crippen LogP contribution in [0.4, 0.5) is 0 Å². The fourth-order valence-electron chi connectivity index (χ4n) is 1.10. The Morgan fingerprint density at radius 1 is 1.65 bits per heavy atom. The van der Waals surface area contributed by atoms with E-state index >= 15 is 0 Å². The zero-order chi connectivity index (χ0) is 12.5. The molecule has 0 aliphatic heterocycles. The summed E-state index contributed by atoms with van der Waals surface area (Å²) in [7, 11) is 0. The van der Waals surface area contributed by atoms with Crippen molar-refractivity contribution in [1.29, 1.82) is 0 Å². The van der Waals surface area contributed by atoms with E-state index in [4.69, 9.17) is 5.11 Å². The summed E-state index contributed by atoms with van der Waals surface area (Å²) in [4.78, 5) is 12.5. The lowest BCUT2D eigenvalue weighted by molar-refractivity contribution is 0.0956. The minimum absolute atomic E-state index is 0.0505. The molecule has 2 N–H and O–H groups in total. The average Bonchev–Trinajstić information content (AvgIpc) is 2.78. The molecule has 0 saturated carbocycles. The van der Waals surface area contributed by atoms with E-state index in [9.17, 15) is 4.79 Å². The molecule has 0 atom stereocenters. The van der Waals surface area contributed by atoms with E-state index in [-0.39, 0.29) is 12.5 Å². The lowest BCUT2D eigenvalue weighted by Gasteiger charge is -2.00. The Morgan fingerprint density at radius 2 is 2.47 bits per heavy atom. The van der Waals surface area contributed by atoms with Crippen molar-refractivity contribution in [2.24, 2.45) is 0 Å². The second kappa shape index (κ2) is 8.18. The molecule has 92 valence electrons. The van der Waals surface area contributed by atoms with Crippen LogP contribution in [0.3, 0.4) is 0 Å². The van der Waals surface area contributed by atoms with E-state index in [0.29, 0.717) is 18.5 Å². The number of amides is 1. The maximum absolute atomic E-state index is 11.7. The van der Waals surface area contributed by atoms with Crippen molar-refractivity contribution in [2.45, 2.75) is 6.42 Å². The first kappa shape index (κ1) is 14.1. The van der Waals surface area contributed by atoms with Crippen LogP contribution in [-0.4, -0.2) is 36.2 Å². The van der Waals surface area contributed by atoms with Crippen LogP contribution >= 0.6 is 23.1 Å². The second-order valence-corrected chi connectivity index (χ2v) is 5.12. The van der Waals surface area contributed by atoms with Gasteiger partial charge in [0.2, 0.25) is 0 Å². The lowest BCUT2D eigenvalue weighted by atomic mass is 10.3. The Bertz CT molecular complexity index is 418. The molecule has 1 amide bonds. The van der Waals surface area contributed by atoms with Crippen LogP contribution in [0, 0.1) is 11.8 Å². The predicted octanol–water partition coefficient (Wildman–Crippen LogP) is 1.57. The normalized spacial score (nSPS) is 9.53. The summed E-state index contributed by atoms with van der Waals surface area (Å²) in [5, 5.41) is 13.2. The molecule has 1 heterocycles. The monoisotopic (exact) mass is 269 g/mol. The summed E-state index contributed by atoms with van der Waals surface area (Å²) >= 11 is 3.15. The number of hydrogen-bond donors (Lipinski definition) is 2. The van der Waals surface area contributed by atoms with Crippen LogP contribution in [0.25, 0.3) is 0 Å². The van der Waals surface area contributed by atoms with Gasteiger partial charge in [-0.25, -0.2) is 0 Å². The predicted molar refractivity (Wildman–Crippen MR) is 73.6 cm³/mol. The van der Waals surface area contributed by atoms with Crippen molar-refractivity contribution >= 4 is 29.0 Å². The van der Waals surface area contributed by atoms with Crippen LogP contribution in [-0.2, 0) is 0 Å². The van der Waals surface area contributed by atoms with Gasteiger partial charge in [0.05, 0.1) is 17.0 Å². The Labute approximate surface area is 110 Å². The zero-order valence-electron chi connectivity index (χ0n) is 9.66. The summed E-state index contributed by atoms with van der Waals surface area (Å²) in [6, 6.07) is 1.78. The summed E-state index contributed by atoms with van der Waals surface area (Å²) in [6.45, 7) is 0.752. The van der Waals surface area contributed by atoms with Crippen molar-refractivity contribution in [3.05, 3.63) is 21.9 Å². The van der Waals surface area contributed by atoms with Crippen molar-refractivity contribution in [2.75, 3.05) is 25.2 Å². The third-order valence-corrected chi connectivity index (χ3v) is 3.36. The standard InChI is InChI=1S/C12H15NO2S2/c1-16-7-5-13-12(15)10-8-11(17-9-10)4-2-3-6-14/h8-9,14H,3,5-7H2,1H3,(H,13,15). The molecule has 0 radical (unpaired) electrons. The minimum Gasteiger partial charge on any atom is -0.395 e. The average molecular weight is 269 g/mol. The molecular weight excluding hydrogens is 254 g/mol. The minimum atomic E-state index is -0.0505. The molecular formula is C12H15NO2S2. The Kier molecular flexibility index (Phi) is 6.78. The molecule has 3 nitrogen and oxygen atoms in total. The van der Waals surface area contributed by atoms with Crippen LogP contribution in [0.2, 0.25) is 0 Å². The zero-order valence-corrected chi connectivity index (χ0v) is 11.3. The first-order chi connectivity index (χ1) is 8.27. The maximum Gasteiger partial charge on any atom is 0.252 e. The molecule has 0 fully saturated rings. The molecule has 17 heavy (non-hydrogen) atoms. The number of aliphatic hydroxyl groups excluding tert-OH is 1. The topological polar surface area (TPSA) is 49.3 Å². The van der Waals surface area contributed by atoms with Gasteiger partial charge in [-0.3, -0.25) is 4.79 Å². The molecule has 1 aromatic heterocycles. The van der Waals surface area contributed by atoms with Gasteiger partial charge in [0.1, 0.15) is 0 Å². The number of rotatable bonds is 5. The largest absolute Gasteiger partial charge is 0.395 e. The van der Waals surface area contributed by atoms with Gasteiger partial charge in [-0.05, 0) is 12.3 Å². The highest BCUT2D eigenvalue weighted by atomic mass is 32.2. The van der Waals surface area contributed by atoms with Crippen LogP contribution < -0.4 is 5.32 Å². The molecule has 0 spiro atoms. The van der Waals surface area contributed by atoms with Crippen molar-refractivity contribution in [3.63, 3.8) is 0 Å². The lowest BCUT2D eigenvalue weighted by Crippen LogP contribution is -2.25. The number of thioether (sulfide) groups is 1. The number of thiophene rings is 1. The molecule has 0 aliphatic rings.